The number of ether oxygens (including phenoxy) is 1. The maximum atomic E-state index is 5.67. The van der Waals surface area contributed by atoms with Crippen molar-refractivity contribution in [2.45, 2.75) is 27.3 Å². The first kappa shape index (κ1) is 11.0. The minimum Gasteiger partial charge on any atom is -0.384 e. The molecular weight excluding hydrogens is 178 g/mol. The largest absolute Gasteiger partial charge is 0.384 e. The van der Waals surface area contributed by atoms with Crippen molar-refractivity contribution in [3.63, 3.8) is 0 Å². The lowest BCUT2D eigenvalue weighted by Crippen LogP contribution is -2.25. The lowest BCUT2D eigenvalue weighted by atomic mass is 9.95. The molecule has 0 aliphatic rings. The van der Waals surface area contributed by atoms with Gasteiger partial charge in [-0.25, -0.2) is 0 Å². The van der Waals surface area contributed by atoms with Crippen molar-refractivity contribution in [2.24, 2.45) is 5.41 Å². The second-order valence-corrected chi connectivity index (χ2v) is 4.49. The van der Waals surface area contributed by atoms with Gasteiger partial charge in [0.1, 0.15) is 5.82 Å². The molecule has 0 bridgehead atoms. The van der Waals surface area contributed by atoms with E-state index in [0.29, 0.717) is 12.4 Å². The Morgan fingerprint density at radius 2 is 2.21 bits per heavy atom. The van der Waals surface area contributed by atoms with Crippen molar-refractivity contribution in [1.82, 2.24) is 9.78 Å². The van der Waals surface area contributed by atoms with Crippen molar-refractivity contribution in [2.75, 3.05) is 19.5 Å². The first-order valence-corrected chi connectivity index (χ1v) is 4.73. The Balaban J connectivity index is 2.68. The summed E-state index contributed by atoms with van der Waals surface area (Å²) in [6.45, 7) is 7.78. The third-order valence-electron chi connectivity index (χ3n) is 2.11. The number of rotatable bonds is 4. The van der Waals surface area contributed by atoms with E-state index in [1.54, 1.807) is 7.11 Å². The SMILES string of the molecule is COCC(C)(C)Cn1cc(C)c(N)n1. The minimum atomic E-state index is 0.0830. The molecule has 0 aromatic carbocycles. The Morgan fingerprint density at radius 3 is 2.64 bits per heavy atom. The lowest BCUT2D eigenvalue weighted by molar-refractivity contribution is 0.0892. The van der Waals surface area contributed by atoms with E-state index in [1.165, 1.54) is 0 Å². The van der Waals surface area contributed by atoms with Crippen LogP contribution in [0.5, 0.6) is 0 Å². The Kier molecular flexibility index (Phi) is 3.16. The highest BCUT2D eigenvalue weighted by molar-refractivity contribution is 5.35. The number of nitrogens with two attached hydrogens (primary N) is 1. The molecule has 4 nitrogen and oxygen atoms in total. The van der Waals surface area contributed by atoms with E-state index in [1.807, 2.05) is 17.8 Å². The molecule has 0 saturated heterocycles. The van der Waals surface area contributed by atoms with Crippen LogP contribution in [0, 0.1) is 12.3 Å². The van der Waals surface area contributed by atoms with Gasteiger partial charge in [-0.3, -0.25) is 4.68 Å². The number of nitrogen functional groups attached to an aromatic ring is 1. The first-order chi connectivity index (χ1) is 6.44. The van der Waals surface area contributed by atoms with Crippen molar-refractivity contribution in [3.05, 3.63) is 11.8 Å². The van der Waals surface area contributed by atoms with E-state index in [2.05, 4.69) is 18.9 Å². The average molecular weight is 197 g/mol. The molecule has 14 heavy (non-hydrogen) atoms. The molecule has 2 N–H and O–H groups in total. The fourth-order valence-corrected chi connectivity index (χ4v) is 1.49. The summed E-state index contributed by atoms with van der Waals surface area (Å²) in [6.07, 6.45) is 1.97. The molecule has 0 spiro atoms. The van der Waals surface area contributed by atoms with Crippen LogP contribution in [0.4, 0.5) is 5.82 Å². The van der Waals surface area contributed by atoms with E-state index >= 15 is 0 Å². The van der Waals surface area contributed by atoms with Gasteiger partial charge in [-0.15, -0.1) is 0 Å². The van der Waals surface area contributed by atoms with Crippen LogP contribution >= 0.6 is 0 Å². The minimum absolute atomic E-state index is 0.0830. The summed E-state index contributed by atoms with van der Waals surface area (Å²) in [6, 6.07) is 0. The normalized spacial score (nSPS) is 12.0. The van der Waals surface area contributed by atoms with Crippen LogP contribution in [0.15, 0.2) is 6.20 Å². The van der Waals surface area contributed by atoms with Crippen LogP contribution in [0.1, 0.15) is 19.4 Å². The maximum Gasteiger partial charge on any atom is 0.148 e. The number of hydrogen-bond donors (Lipinski definition) is 1. The van der Waals surface area contributed by atoms with Crippen molar-refractivity contribution >= 4 is 5.82 Å². The fraction of sp³-hybridized carbons (Fsp3) is 0.700. The van der Waals surface area contributed by atoms with Crippen LogP contribution in [0.25, 0.3) is 0 Å². The van der Waals surface area contributed by atoms with Crippen LogP contribution in [-0.2, 0) is 11.3 Å². The molecule has 1 rings (SSSR count). The second kappa shape index (κ2) is 4.00. The van der Waals surface area contributed by atoms with Gasteiger partial charge in [-0.05, 0) is 6.92 Å². The monoisotopic (exact) mass is 197 g/mol. The Bertz CT molecular complexity index is 285. The number of hydrogen-bond acceptors (Lipinski definition) is 3. The zero-order valence-corrected chi connectivity index (χ0v) is 9.37. The molecule has 1 aromatic rings. The number of aryl methyl sites for hydroxylation is 1. The molecule has 0 aliphatic carbocycles. The predicted octanol–water partition coefficient (Wildman–Crippen LogP) is 1.45. The van der Waals surface area contributed by atoms with Gasteiger partial charge in [0.25, 0.3) is 0 Å². The van der Waals surface area contributed by atoms with Gasteiger partial charge in [0, 0.05) is 30.8 Å². The van der Waals surface area contributed by atoms with Crippen LogP contribution in [0.3, 0.4) is 0 Å². The molecule has 0 radical (unpaired) electrons. The van der Waals surface area contributed by atoms with Crippen LogP contribution in [0.2, 0.25) is 0 Å². The lowest BCUT2D eigenvalue weighted by Gasteiger charge is -2.23. The number of nitrogens with zero attached hydrogens (tertiary/aromatic N) is 2. The first-order valence-electron chi connectivity index (χ1n) is 4.73. The molecule has 0 amide bonds. The Labute approximate surface area is 85.0 Å². The van der Waals surface area contributed by atoms with Gasteiger partial charge in [0.05, 0.1) is 6.61 Å². The van der Waals surface area contributed by atoms with Crippen LogP contribution in [-0.4, -0.2) is 23.5 Å². The van der Waals surface area contributed by atoms with Crippen LogP contribution < -0.4 is 5.73 Å². The molecule has 0 atom stereocenters. The number of anilines is 1. The van der Waals surface area contributed by atoms with E-state index in [4.69, 9.17) is 10.5 Å². The van der Waals surface area contributed by atoms with Gasteiger partial charge in [-0.2, -0.15) is 5.10 Å². The van der Waals surface area contributed by atoms with Gasteiger partial charge in [0.2, 0.25) is 0 Å². The molecule has 4 heteroatoms. The molecule has 0 unspecified atom stereocenters. The maximum absolute atomic E-state index is 5.67. The van der Waals surface area contributed by atoms with Crippen molar-refractivity contribution < 1.29 is 4.74 Å². The third-order valence-corrected chi connectivity index (χ3v) is 2.11. The third kappa shape index (κ3) is 2.73. The van der Waals surface area contributed by atoms with E-state index in [9.17, 15) is 0 Å². The summed E-state index contributed by atoms with van der Waals surface area (Å²) in [7, 11) is 1.71. The summed E-state index contributed by atoms with van der Waals surface area (Å²) in [4.78, 5) is 0. The van der Waals surface area contributed by atoms with E-state index in [0.717, 1.165) is 12.1 Å². The molecule has 0 aliphatic heterocycles. The van der Waals surface area contributed by atoms with E-state index in [-0.39, 0.29) is 5.41 Å². The number of aromatic nitrogens is 2. The highest BCUT2D eigenvalue weighted by Gasteiger charge is 2.19. The highest BCUT2D eigenvalue weighted by atomic mass is 16.5. The summed E-state index contributed by atoms with van der Waals surface area (Å²) in [5, 5.41) is 4.22. The summed E-state index contributed by atoms with van der Waals surface area (Å²) in [5.41, 5.74) is 6.78. The Hall–Kier alpha value is -1.03. The number of methoxy groups -OCH3 is 1. The molecule has 0 saturated carbocycles. The predicted molar refractivity (Wildman–Crippen MR) is 57.0 cm³/mol. The summed E-state index contributed by atoms with van der Waals surface area (Å²) < 4.78 is 7.02. The topological polar surface area (TPSA) is 53.1 Å². The highest BCUT2D eigenvalue weighted by Crippen LogP contribution is 2.19. The molecule has 1 aromatic heterocycles. The average Bonchev–Trinajstić information content (AvgIpc) is 2.29. The van der Waals surface area contributed by atoms with Crippen molar-refractivity contribution in [3.8, 4) is 0 Å². The molecular formula is C10H19N3O. The summed E-state index contributed by atoms with van der Waals surface area (Å²) >= 11 is 0. The molecule has 80 valence electrons. The van der Waals surface area contributed by atoms with Gasteiger partial charge >= 0.3 is 0 Å². The van der Waals surface area contributed by atoms with Gasteiger partial charge in [0.15, 0.2) is 0 Å². The van der Waals surface area contributed by atoms with E-state index < -0.39 is 0 Å². The summed E-state index contributed by atoms with van der Waals surface area (Å²) in [5.74, 6) is 0.609. The smallest absolute Gasteiger partial charge is 0.148 e. The molecule has 0 fully saturated rings. The zero-order valence-electron chi connectivity index (χ0n) is 9.37. The van der Waals surface area contributed by atoms with Gasteiger partial charge in [-0.1, -0.05) is 13.8 Å². The second-order valence-electron chi connectivity index (χ2n) is 4.49. The quantitative estimate of drug-likeness (QED) is 0.794. The zero-order chi connectivity index (χ0) is 10.8. The Morgan fingerprint density at radius 1 is 1.57 bits per heavy atom. The van der Waals surface area contributed by atoms with Crippen molar-refractivity contribution in [1.29, 1.82) is 0 Å². The van der Waals surface area contributed by atoms with Gasteiger partial charge < -0.3 is 10.5 Å². The standard InChI is InChI=1S/C10H19N3O/c1-8-5-13(12-9(8)11)6-10(2,3)7-14-4/h5H,6-7H2,1-4H3,(H2,11,12). The fourth-order valence-electron chi connectivity index (χ4n) is 1.49. The molecule has 1 heterocycles.